The summed E-state index contributed by atoms with van der Waals surface area (Å²) in [6.07, 6.45) is -4.43. The zero-order chi connectivity index (χ0) is 11.9. The van der Waals surface area contributed by atoms with E-state index in [-0.39, 0.29) is 16.9 Å². The van der Waals surface area contributed by atoms with E-state index in [0.29, 0.717) is 5.56 Å². The molecule has 0 aliphatic rings. The van der Waals surface area contributed by atoms with Crippen LogP contribution in [0.2, 0.25) is 0 Å². The van der Waals surface area contributed by atoms with Crippen molar-refractivity contribution in [3.05, 3.63) is 29.5 Å². The first-order chi connectivity index (χ1) is 7.39. The van der Waals surface area contributed by atoms with Crippen LogP contribution in [0.15, 0.2) is 18.2 Å². The summed E-state index contributed by atoms with van der Waals surface area (Å²) >= 11 is 0. The third-order valence-corrected chi connectivity index (χ3v) is 2.39. The second kappa shape index (κ2) is 3.48. The van der Waals surface area contributed by atoms with Crippen molar-refractivity contribution in [2.24, 2.45) is 5.73 Å². The molecule has 16 heavy (non-hydrogen) atoms. The fourth-order valence-electron chi connectivity index (χ4n) is 1.53. The number of aromatic nitrogens is 2. The fourth-order valence-corrected chi connectivity index (χ4v) is 1.53. The molecule has 1 heterocycles. The number of nitrogens with one attached hydrogen (secondary N) is 1. The molecule has 6 heteroatoms. The summed E-state index contributed by atoms with van der Waals surface area (Å²) in [6, 6.07) is 4.32. The Labute approximate surface area is 89.4 Å². The van der Waals surface area contributed by atoms with Gasteiger partial charge in [0.2, 0.25) is 0 Å². The van der Waals surface area contributed by atoms with Gasteiger partial charge in [0.25, 0.3) is 0 Å². The number of halogens is 3. The molecule has 0 bridgehead atoms. The van der Waals surface area contributed by atoms with E-state index in [1.54, 1.807) is 13.0 Å². The zero-order valence-electron chi connectivity index (χ0n) is 8.47. The van der Waals surface area contributed by atoms with Crippen molar-refractivity contribution in [3.63, 3.8) is 0 Å². The zero-order valence-corrected chi connectivity index (χ0v) is 8.47. The third kappa shape index (κ3) is 1.76. The van der Waals surface area contributed by atoms with Gasteiger partial charge in [-0.2, -0.15) is 18.3 Å². The van der Waals surface area contributed by atoms with Crippen LogP contribution < -0.4 is 5.73 Å². The minimum Gasteiger partial charge on any atom is -0.324 e. The van der Waals surface area contributed by atoms with Crippen LogP contribution in [-0.4, -0.2) is 10.2 Å². The van der Waals surface area contributed by atoms with E-state index in [4.69, 9.17) is 5.73 Å². The number of hydrogen-bond acceptors (Lipinski definition) is 2. The van der Waals surface area contributed by atoms with Gasteiger partial charge in [0.1, 0.15) is 5.69 Å². The first kappa shape index (κ1) is 10.9. The molecule has 0 saturated heterocycles. The molecule has 0 fully saturated rings. The predicted molar refractivity (Wildman–Crippen MR) is 53.7 cm³/mol. The van der Waals surface area contributed by atoms with Gasteiger partial charge in [-0.15, -0.1) is 0 Å². The van der Waals surface area contributed by atoms with Crippen molar-refractivity contribution in [1.82, 2.24) is 10.2 Å². The number of nitrogens with zero attached hydrogens (tertiary/aromatic N) is 1. The van der Waals surface area contributed by atoms with Crippen molar-refractivity contribution in [3.8, 4) is 0 Å². The van der Waals surface area contributed by atoms with E-state index >= 15 is 0 Å². The molecule has 2 aromatic rings. The van der Waals surface area contributed by atoms with Gasteiger partial charge in [-0.3, -0.25) is 5.10 Å². The predicted octanol–water partition coefficient (Wildman–Crippen LogP) is 2.60. The summed E-state index contributed by atoms with van der Waals surface area (Å²) < 4.78 is 37.7. The van der Waals surface area contributed by atoms with Gasteiger partial charge in [0.15, 0.2) is 0 Å². The highest BCUT2D eigenvalue weighted by molar-refractivity contribution is 5.82. The van der Waals surface area contributed by atoms with Crippen molar-refractivity contribution < 1.29 is 13.2 Å². The summed E-state index contributed by atoms with van der Waals surface area (Å²) in [5.74, 6) is 0. The topological polar surface area (TPSA) is 54.7 Å². The monoisotopic (exact) mass is 229 g/mol. The summed E-state index contributed by atoms with van der Waals surface area (Å²) in [5, 5.41) is 5.66. The van der Waals surface area contributed by atoms with Gasteiger partial charge < -0.3 is 5.73 Å². The van der Waals surface area contributed by atoms with Crippen LogP contribution in [0.1, 0.15) is 24.2 Å². The lowest BCUT2D eigenvalue weighted by Crippen LogP contribution is -2.07. The van der Waals surface area contributed by atoms with Crippen molar-refractivity contribution in [1.29, 1.82) is 0 Å². The van der Waals surface area contributed by atoms with Crippen molar-refractivity contribution in [2.75, 3.05) is 0 Å². The van der Waals surface area contributed by atoms with Crippen LogP contribution in [0, 0.1) is 0 Å². The Balaban J connectivity index is 2.65. The number of aromatic amines is 1. The lowest BCUT2D eigenvalue weighted by atomic mass is 10.1. The molecule has 1 unspecified atom stereocenters. The lowest BCUT2D eigenvalue weighted by Gasteiger charge is -2.07. The highest BCUT2D eigenvalue weighted by Crippen LogP contribution is 2.33. The van der Waals surface area contributed by atoms with E-state index in [2.05, 4.69) is 5.10 Å². The number of hydrogen-bond donors (Lipinski definition) is 2. The van der Waals surface area contributed by atoms with Crippen LogP contribution >= 0.6 is 0 Å². The largest absolute Gasteiger partial charge is 0.433 e. The maximum atomic E-state index is 12.6. The van der Waals surface area contributed by atoms with Crippen LogP contribution in [0.25, 0.3) is 10.9 Å². The fraction of sp³-hybridized carbons (Fsp3) is 0.300. The number of nitrogens with two attached hydrogens (primary N) is 1. The second-order valence-electron chi connectivity index (χ2n) is 3.66. The molecule has 0 radical (unpaired) electrons. The van der Waals surface area contributed by atoms with Crippen LogP contribution in [0.3, 0.4) is 0 Å². The smallest absolute Gasteiger partial charge is 0.324 e. The molecule has 0 spiro atoms. The molecule has 1 aromatic carbocycles. The molecule has 0 aliphatic carbocycles. The number of alkyl halides is 3. The van der Waals surface area contributed by atoms with Gasteiger partial charge >= 0.3 is 6.18 Å². The van der Waals surface area contributed by atoms with E-state index in [9.17, 15) is 13.2 Å². The highest BCUT2D eigenvalue weighted by Gasteiger charge is 2.35. The van der Waals surface area contributed by atoms with Gasteiger partial charge in [-0.05, 0) is 24.6 Å². The quantitative estimate of drug-likeness (QED) is 0.789. The molecular weight excluding hydrogens is 219 g/mol. The Morgan fingerprint density at radius 2 is 2.06 bits per heavy atom. The van der Waals surface area contributed by atoms with Crippen molar-refractivity contribution in [2.45, 2.75) is 19.1 Å². The average Bonchev–Trinajstić information content (AvgIpc) is 2.58. The third-order valence-electron chi connectivity index (χ3n) is 2.39. The first-order valence-electron chi connectivity index (χ1n) is 4.70. The molecule has 1 atom stereocenters. The average molecular weight is 229 g/mol. The normalized spacial score (nSPS) is 14.3. The molecular formula is C10H10F3N3. The summed E-state index contributed by atoms with van der Waals surface area (Å²) in [4.78, 5) is 0. The van der Waals surface area contributed by atoms with Gasteiger partial charge in [-0.1, -0.05) is 6.07 Å². The molecule has 3 nitrogen and oxygen atoms in total. The summed E-state index contributed by atoms with van der Waals surface area (Å²) in [6.45, 7) is 1.72. The Morgan fingerprint density at radius 1 is 1.38 bits per heavy atom. The lowest BCUT2D eigenvalue weighted by molar-refractivity contribution is -0.139. The molecule has 2 rings (SSSR count). The molecule has 0 aliphatic heterocycles. The Morgan fingerprint density at radius 3 is 2.62 bits per heavy atom. The molecule has 86 valence electrons. The molecule has 0 amide bonds. The molecule has 0 saturated carbocycles. The SMILES string of the molecule is CC(N)c1ccc2n[nH]c(C(F)(F)F)c2c1. The van der Waals surface area contributed by atoms with Crippen molar-refractivity contribution >= 4 is 10.9 Å². The minimum absolute atomic E-state index is 0.0577. The summed E-state index contributed by atoms with van der Waals surface area (Å²) in [7, 11) is 0. The van der Waals surface area contributed by atoms with E-state index < -0.39 is 11.9 Å². The van der Waals surface area contributed by atoms with E-state index in [0.717, 1.165) is 0 Å². The van der Waals surface area contributed by atoms with Gasteiger partial charge in [0, 0.05) is 11.4 Å². The van der Waals surface area contributed by atoms with Gasteiger partial charge in [0.05, 0.1) is 5.52 Å². The number of fused-ring (bicyclic) bond motifs is 1. The van der Waals surface area contributed by atoms with Crippen LogP contribution in [0.4, 0.5) is 13.2 Å². The Bertz CT molecular complexity index is 513. The van der Waals surface area contributed by atoms with E-state index in [1.807, 2.05) is 5.10 Å². The Hall–Kier alpha value is -1.56. The molecule has 1 aromatic heterocycles. The highest BCUT2D eigenvalue weighted by atomic mass is 19.4. The maximum absolute atomic E-state index is 12.6. The number of H-pyrrole nitrogens is 1. The van der Waals surface area contributed by atoms with Crippen LogP contribution in [0.5, 0.6) is 0 Å². The summed E-state index contributed by atoms with van der Waals surface area (Å²) in [5.41, 5.74) is 5.73. The van der Waals surface area contributed by atoms with E-state index in [1.165, 1.54) is 12.1 Å². The molecule has 3 N–H and O–H groups in total. The number of rotatable bonds is 1. The Kier molecular flexibility index (Phi) is 2.38. The van der Waals surface area contributed by atoms with Crippen LogP contribution in [-0.2, 0) is 6.18 Å². The minimum atomic E-state index is -4.43. The maximum Gasteiger partial charge on any atom is 0.433 e. The van der Waals surface area contributed by atoms with Gasteiger partial charge in [-0.25, -0.2) is 0 Å². The number of benzene rings is 1. The standard InChI is InChI=1S/C10H10F3N3/c1-5(14)6-2-3-8-7(4-6)9(16-15-8)10(11,12)13/h2-5H,14H2,1H3,(H,15,16). The first-order valence-corrected chi connectivity index (χ1v) is 4.70. The second-order valence-corrected chi connectivity index (χ2v) is 3.66.